The first-order valence-electron chi connectivity index (χ1n) is 5.59. The second-order valence-electron chi connectivity index (χ2n) is 3.68. The zero-order chi connectivity index (χ0) is 11.8. The normalized spacial score (nSPS) is 10.4. The summed E-state index contributed by atoms with van der Waals surface area (Å²) in [6, 6.07) is 6.40. The summed E-state index contributed by atoms with van der Waals surface area (Å²) in [5.41, 5.74) is 6.45. The first kappa shape index (κ1) is 12.9. The van der Waals surface area contributed by atoms with Gasteiger partial charge in [-0.25, -0.2) is 4.39 Å². The smallest absolute Gasteiger partial charge is 0.123 e. The molecule has 0 bridgehead atoms. The minimum absolute atomic E-state index is 0.167. The van der Waals surface area contributed by atoms with E-state index >= 15 is 0 Å². The van der Waals surface area contributed by atoms with Crippen molar-refractivity contribution in [2.75, 3.05) is 31.1 Å². The number of rotatable bonds is 7. The van der Waals surface area contributed by atoms with Crippen LogP contribution in [0.5, 0.6) is 0 Å². The summed E-state index contributed by atoms with van der Waals surface area (Å²) in [6.45, 7) is 2.40. The first-order chi connectivity index (χ1) is 7.77. The zero-order valence-corrected chi connectivity index (χ0v) is 9.40. The molecule has 0 aromatic heterocycles. The lowest BCUT2D eigenvalue weighted by Gasteiger charge is -2.24. The number of nitrogens with two attached hydrogens (primary N) is 1. The van der Waals surface area contributed by atoms with Crippen LogP contribution in [0, 0.1) is 5.82 Å². The second-order valence-corrected chi connectivity index (χ2v) is 3.68. The van der Waals surface area contributed by atoms with E-state index in [0.717, 1.165) is 25.2 Å². The van der Waals surface area contributed by atoms with Gasteiger partial charge in [-0.1, -0.05) is 0 Å². The van der Waals surface area contributed by atoms with Gasteiger partial charge < -0.3 is 15.7 Å². The van der Waals surface area contributed by atoms with Gasteiger partial charge in [0.2, 0.25) is 0 Å². The predicted octanol–water partition coefficient (Wildman–Crippen LogP) is 1.36. The highest BCUT2D eigenvalue weighted by Gasteiger charge is 2.05. The minimum Gasteiger partial charge on any atom is -0.396 e. The summed E-state index contributed by atoms with van der Waals surface area (Å²) in [7, 11) is 0. The van der Waals surface area contributed by atoms with E-state index in [4.69, 9.17) is 10.8 Å². The van der Waals surface area contributed by atoms with Crippen LogP contribution >= 0.6 is 0 Å². The van der Waals surface area contributed by atoms with Crippen molar-refractivity contribution in [1.29, 1.82) is 0 Å². The molecule has 0 saturated carbocycles. The van der Waals surface area contributed by atoms with E-state index in [1.165, 1.54) is 12.1 Å². The Hall–Kier alpha value is -1.13. The van der Waals surface area contributed by atoms with E-state index in [1.54, 1.807) is 12.1 Å². The van der Waals surface area contributed by atoms with Crippen LogP contribution in [-0.2, 0) is 0 Å². The Balaban J connectivity index is 2.62. The van der Waals surface area contributed by atoms with Gasteiger partial charge >= 0.3 is 0 Å². The third kappa shape index (κ3) is 4.16. The van der Waals surface area contributed by atoms with Gasteiger partial charge in [-0.3, -0.25) is 0 Å². The Morgan fingerprint density at radius 2 is 1.75 bits per heavy atom. The molecule has 4 heteroatoms. The average Bonchev–Trinajstić information content (AvgIpc) is 2.31. The van der Waals surface area contributed by atoms with Crippen molar-refractivity contribution >= 4 is 5.69 Å². The van der Waals surface area contributed by atoms with Crippen molar-refractivity contribution in [3.8, 4) is 0 Å². The fraction of sp³-hybridized carbons (Fsp3) is 0.500. The van der Waals surface area contributed by atoms with Crippen molar-refractivity contribution < 1.29 is 9.50 Å². The molecule has 0 radical (unpaired) electrons. The number of halogens is 1. The van der Waals surface area contributed by atoms with Gasteiger partial charge in [0.25, 0.3) is 0 Å². The van der Waals surface area contributed by atoms with Gasteiger partial charge in [0, 0.05) is 25.4 Å². The van der Waals surface area contributed by atoms with Gasteiger partial charge in [0.1, 0.15) is 5.82 Å². The van der Waals surface area contributed by atoms with Crippen LogP contribution in [0.15, 0.2) is 24.3 Å². The summed E-state index contributed by atoms with van der Waals surface area (Å²) in [5.74, 6) is -0.232. The molecule has 0 heterocycles. The number of nitrogens with zero attached hydrogens (tertiary/aromatic N) is 1. The lowest BCUT2D eigenvalue weighted by atomic mass is 10.2. The summed E-state index contributed by atoms with van der Waals surface area (Å²) < 4.78 is 12.8. The highest BCUT2D eigenvalue weighted by atomic mass is 19.1. The summed E-state index contributed by atoms with van der Waals surface area (Å²) in [5, 5.41) is 8.82. The Morgan fingerprint density at radius 3 is 2.31 bits per heavy atom. The summed E-state index contributed by atoms with van der Waals surface area (Å²) in [6.07, 6.45) is 1.60. The van der Waals surface area contributed by atoms with Crippen LogP contribution in [-0.4, -0.2) is 31.3 Å². The van der Waals surface area contributed by atoms with Crippen molar-refractivity contribution in [1.82, 2.24) is 0 Å². The molecule has 0 aliphatic carbocycles. The fourth-order valence-electron chi connectivity index (χ4n) is 1.57. The molecule has 0 amide bonds. The molecule has 0 spiro atoms. The molecule has 0 unspecified atom stereocenters. The topological polar surface area (TPSA) is 49.5 Å². The van der Waals surface area contributed by atoms with Crippen LogP contribution in [0.4, 0.5) is 10.1 Å². The van der Waals surface area contributed by atoms with E-state index in [1.807, 2.05) is 0 Å². The minimum atomic E-state index is -0.232. The maximum absolute atomic E-state index is 12.8. The molecule has 3 nitrogen and oxygen atoms in total. The maximum atomic E-state index is 12.8. The predicted molar refractivity (Wildman–Crippen MR) is 64.0 cm³/mol. The van der Waals surface area contributed by atoms with Crippen LogP contribution in [0.25, 0.3) is 0 Å². The highest BCUT2D eigenvalue weighted by Crippen LogP contribution is 2.15. The summed E-state index contributed by atoms with van der Waals surface area (Å²) >= 11 is 0. The lowest BCUT2D eigenvalue weighted by molar-refractivity contribution is 0.289. The Labute approximate surface area is 95.7 Å². The summed E-state index contributed by atoms with van der Waals surface area (Å²) in [4.78, 5) is 2.11. The molecular formula is C12H19FN2O. The van der Waals surface area contributed by atoms with E-state index in [2.05, 4.69) is 4.90 Å². The number of hydrogen-bond acceptors (Lipinski definition) is 3. The van der Waals surface area contributed by atoms with Crippen LogP contribution < -0.4 is 10.6 Å². The van der Waals surface area contributed by atoms with Gasteiger partial charge in [-0.05, 0) is 43.7 Å². The first-order valence-corrected chi connectivity index (χ1v) is 5.59. The number of benzene rings is 1. The molecule has 0 aliphatic heterocycles. The number of aliphatic hydroxyl groups excluding tert-OH is 1. The van der Waals surface area contributed by atoms with E-state index in [-0.39, 0.29) is 12.4 Å². The largest absolute Gasteiger partial charge is 0.396 e. The molecule has 0 aliphatic rings. The van der Waals surface area contributed by atoms with Crippen molar-refractivity contribution in [3.63, 3.8) is 0 Å². The highest BCUT2D eigenvalue weighted by molar-refractivity contribution is 5.46. The van der Waals surface area contributed by atoms with E-state index in [0.29, 0.717) is 13.0 Å². The molecule has 1 aromatic carbocycles. The van der Waals surface area contributed by atoms with Crippen molar-refractivity contribution in [2.45, 2.75) is 12.8 Å². The number of aliphatic hydroxyl groups is 1. The molecule has 0 saturated heterocycles. The quantitative estimate of drug-likeness (QED) is 0.738. The average molecular weight is 226 g/mol. The zero-order valence-electron chi connectivity index (χ0n) is 9.40. The van der Waals surface area contributed by atoms with Crippen molar-refractivity contribution in [3.05, 3.63) is 30.1 Å². The second kappa shape index (κ2) is 7.19. The van der Waals surface area contributed by atoms with E-state index in [9.17, 15) is 4.39 Å². The monoisotopic (exact) mass is 226 g/mol. The fourth-order valence-corrected chi connectivity index (χ4v) is 1.57. The third-order valence-corrected chi connectivity index (χ3v) is 2.41. The van der Waals surface area contributed by atoms with Gasteiger partial charge in [0.05, 0.1) is 0 Å². The molecule has 90 valence electrons. The van der Waals surface area contributed by atoms with Gasteiger partial charge in [0.15, 0.2) is 0 Å². The van der Waals surface area contributed by atoms with Crippen molar-refractivity contribution in [2.24, 2.45) is 5.73 Å². The SMILES string of the molecule is NCCCN(CCCO)c1ccc(F)cc1. The van der Waals surface area contributed by atoms with Crippen LogP contribution in [0.3, 0.4) is 0 Å². The van der Waals surface area contributed by atoms with Gasteiger partial charge in [-0.2, -0.15) is 0 Å². The Morgan fingerprint density at radius 1 is 1.12 bits per heavy atom. The molecular weight excluding hydrogens is 207 g/mol. The molecule has 3 N–H and O–H groups in total. The van der Waals surface area contributed by atoms with Crippen LogP contribution in [0.2, 0.25) is 0 Å². The molecule has 0 atom stereocenters. The Kier molecular flexibility index (Phi) is 5.82. The third-order valence-electron chi connectivity index (χ3n) is 2.41. The maximum Gasteiger partial charge on any atom is 0.123 e. The standard InChI is InChI=1S/C12H19FN2O/c13-11-3-5-12(6-4-11)15(8-1-7-14)9-2-10-16/h3-6,16H,1-2,7-10,14H2. The number of anilines is 1. The molecule has 1 aromatic rings. The van der Waals surface area contributed by atoms with Crippen LogP contribution in [0.1, 0.15) is 12.8 Å². The molecule has 1 rings (SSSR count). The molecule has 0 fully saturated rings. The Bertz CT molecular complexity index is 282. The lowest BCUT2D eigenvalue weighted by Crippen LogP contribution is -2.27. The van der Waals surface area contributed by atoms with Gasteiger partial charge in [-0.15, -0.1) is 0 Å². The number of hydrogen-bond donors (Lipinski definition) is 2. The van der Waals surface area contributed by atoms with E-state index < -0.39 is 0 Å². The molecule has 16 heavy (non-hydrogen) atoms.